The second kappa shape index (κ2) is 8.59. The van der Waals surface area contributed by atoms with Gasteiger partial charge in [0.15, 0.2) is 6.29 Å². The summed E-state index contributed by atoms with van der Waals surface area (Å²) in [5.41, 5.74) is 1.06. The van der Waals surface area contributed by atoms with Gasteiger partial charge in [-0.05, 0) is 55.7 Å². The van der Waals surface area contributed by atoms with Gasteiger partial charge in [-0.3, -0.25) is 4.72 Å². The van der Waals surface area contributed by atoms with Gasteiger partial charge in [-0.2, -0.15) is 0 Å². The van der Waals surface area contributed by atoms with Crippen molar-refractivity contribution in [3.8, 4) is 0 Å². The molecule has 2 aromatic carbocycles. The van der Waals surface area contributed by atoms with Crippen LogP contribution in [0.1, 0.15) is 24.8 Å². The Morgan fingerprint density at radius 1 is 1.08 bits per heavy atom. The lowest BCUT2D eigenvalue weighted by molar-refractivity contribution is -0.168. The number of hydrogen-bond donors (Lipinski definition) is 1. The van der Waals surface area contributed by atoms with Crippen LogP contribution in [0.5, 0.6) is 0 Å². The van der Waals surface area contributed by atoms with E-state index in [1.807, 2.05) is 0 Å². The summed E-state index contributed by atoms with van der Waals surface area (Å²) in [5, 5.41) is 0.893. The topological polar surface area (TPSA) is 64.6 Å². The fourth-order valence-electron chi connectivity index (χ4n) is 2.61. The minimum absolute atomic E-state index is 0.115. The first-order chi connectivity index (χ1) is 12.4. The van der Waals surface area contributed by atoms with Crippen LogP contribution in [0, 0.1) is 0 Å². The van der Waals surface area contributed by atoms with Gasteiger partial charge in [0.2, 0.25) is 0 Å². The molecule has 0 radical (unpaired) electrons. The van der Waals surface area contributed by atoms with Crippen molar-refractivity contribution >= 4 is 38.9 Å². The first kappa shape index (κ1) is 19.5. The highest BCUT2D eigenvalue weighted by molar-refractivity contribution is 7.92. The Kier molecular flexibility index (Phi) is 6.42. The van der Waals surface area contributed by atoms with Crippen molar-refractivity contribution in [3.05, 3.63) is 58.1 Å². The molecule has 1 N–H and O–H groups in total. The van der Waals surface area contributed by atoms with Gasteiger partial charge in [-0.15, -0.1) is 0 Å². The minimum Gasteiger partial charge on any atom is -0.353 e. The Morgan fingerprint density at radius 3 is 2.50 bits per heavy atom. The molecule has 1 unspecified atom stereocenters. The quantitative estimate of drug-likeness (QED) is 0.732. The van der Waals surface area contributed by atoms with Gasteiger partial charge in [0.25, 0.3) is 10.0 Å². The van der Waals surface area contributed by atoms with E-state index >= 15 is 0 Å². The van der Waals surface area contributed by atoms with Crippen LogP contribution in [0.4, 0.5) is 5.69 Å². The number of hydrogen-bond acceptors (Lipinski definition) is 4. The van der Waals surface area contributed by atoms with Crippen LogP contribution >= 0.6 is 23.2 Å². The smallest absolute Gasteiger partial charge is 0.261 e. The van der Waals surface area contributed by atoms with Gasteiger partial charge >= 0.3 is 0 Å². The molecule has 0 amide bonds. The average molecular weight is 416 g/mol. The molecular formula is C18H19Cl2NO4S. The highest BCUT2D eigenvalue weighted by Crippen LogP contribution is 2.26. The summed E-state index contributed by atoms with van der Waals surface area (Å²) in [6.07, 6.45) is 2.66. The molecule has 0 spiro atoms. The summed E-state index contributed by atoms with van der Waals surface area (Å²) >= 11 is 11.9. The van der Waals surface area contributed by atoms with Crippen LogP contribution in [0.2, 0.25) is 10.0 Å². The maximum absolute atomic E-state index is 12.6. The Bertz CT molecular complexity index is 850. The van der Waals surface area contributed by atoms with E-state index in [1.54, 1.807) is 18.2 Å². The normalized spacial score (nSPS) is 17.8. The highest BCUT2D eigenvalue weighted by Gasteiger charge is 2.18. The van der Waals surface area contributed by atoms with Crippen molar-refractivity contribution in [2.24, 2.45) is 0 Å². The highest BCUT2D eigenvalue weighted by atomic mass is 35.5. The predicted molar refractivity (Wildman–Crippen MR) is 102 cm³/mol. The SMILES string of the molecule is O=S(=O)(Nc1cc(Cl)ccc1COC1CCCCO1)c1ccc(Cl)cc1. The zero-order valence-electron chi connectivity index (χ0n) is 14.0. The number of benzene rings is 2. The molecule has 8 heteroatoms. The molecule has 1 atom stereocenters. The summed E-state index contributed by atoms with van der Waals surface area (Å²) < 4.78 is 39.1. The number of halogens is 2. The van der Waals surface area contributed by atoms with Crippen LogP contribution in [0.25, 0.3) is 0 Å². The molecular weight excluding hydrogens is 397 g/mol. The largest absolute Gasteiger partial charge is 0.353 e. The van der Waals surface area contributed by atoms with Gasteiger partial charge in [-0.25, -0.2) is 8.42 Å². The van der Waals surface area contributed by atoms with E-state index in [4.69, 9.17) is 32.7 Å². The molecule has 0 aromatic heterocycles. The number of nitrogens with one attached hydrogen (secondary N) is 1. The van der Waals surface area contributed by atoms with Crippen LogP contribution < -0.4 is 4.72 Å². The molecule has 3 rings (SSSR count). The van der Waals surface area contributed by atoms with Crippen molar-refractivity contribution < 1.29 is 17.9 Å². The lowest BCUT2D eigenvalue weighted by Crippen LogP contribution is -2.22. The third kappa shape index (κ3) is 5.11. The number of ether oxygens (including phenoxy) is 2. The van der Waals surface area contributed by atoms with Crippen LogP contribution in [0.15, 0.2) is 47.4 Å². The van der Waals surface area contributed by atoms with E-state index in [0.717, 1.165) is 19.3 Å². The fraction of sp³-hybridized carbons (Fsp3) is 0.333. The van der Waals surface area contributed by atoms with Crippen molar-refractivity contribution in [1.82, 2.24) is 0 Å². The fourth-order valence-corrected chi connectivity index (χ4v) is 4.00. The number of sulfonamides is 1. The van der Waals surface area contributed by atoms with E-state index < -0.39 is 10.0 Å². The van der Waals surface area contributed by atoms with E-state index in [-0.39, 0.29) is 17.8 Å². The lowest BCUT2D eigenvalue weighted by atomic mass is 10.2. The van der Waals surface area contributed by atoms with Crippen LogP contribution in [0.3, 0.4) is 0 Å². The second-order valence-electron chi connectivity index (χ2n) is 5.97. The van der Waals surface area contributed by atoms with Gasteiger partial charge in [0, 0.05) is 22.2 Å². The maximum Gasteiger partial charge on any atom is 0.261 e. The number of rotatable bonds is 6. The van der Waals surface area contributed by atoms with Crippen molar-refractivity contribution in [2.75, 3.05) is 11.3 Å². The summed E-state index contributed by atoms with van der Waals surface area (Å²) in [6.45, 7) is 0.904. The van der Waals surface area contributed by atoms with Crippen molar-refractivity contribution in [1.29, 1.82) is 0 Å². The summed E-state index contributed by atoms with van der Waals surface area (Å²) in [7, 11) is -3.77. The first-order valence-electron chi connectivity index (χ1n) is 8.24. The van der Waals surface area contributed by atoms with Crippen molar-refractivity contribution in [2.45, 2.75) is 37.1 Å². The Hall–Kier alpha value is -1.31. The molecule has 1 saturated heterocycles. The molecule has 1 aliphatic heterocycles. The molecule has 1 fully saturated rings. The standard InChI is InChI=1S/C18H19Cl2NO4S/c19-14-6-8-16(9-7-14)26(22,23)21-17-11-15(20)5-4-13(17)12-25-18-3-1-2-10-24-18/h4-9,11,18,21H,1-3,10,12H2. The average Bonchev–Trinajstić information content (AvgIpc) is 2.62. The third-order valence-corrected chi connectivity index (χ3v) is 5.87. The third-order valence-electron chi connectivity index (χ3n) is 4.00. The van der Waals surface area contributed by atoms with E-state index in [0.29, 0.717) is 27.9 Å². The van der Waals surface area contributed by atoms with Gasteiger partial charge in [-0.1, -0.05) is 29.3 Å². The molecule has 0 saturated carbocycles. The lowest BCUT2D eigenvalue weighted by Gasteiger charge is -2.23. The minimum atomic E-state index is -3.77. The van der Waals surface area contributed by atoms with Crippen LogP contribution in [-0.2, 0) is 26.1 Å². The maximum atomic E-state index is 12.6. The first-order valence-corrected chi connectivity index (χ1v) is 10.5. The van der Waals surface area contributed by atoms with Gasteiger partial charge < -0.3 is 9.47 Å². The molecule has 140 valence electrons. The summed E-state index contributed by atoms with van der Waals surface area (Å²) in [4.78, 5) is 0.115. The summed E-state index contributed by atoms with van der Waals surface area (Å²) in [5.74, 6) is 0. The number of anilines is 1. The molecule has 26 heavy (non-hydrogen) atoms. The van der Waals surface area contributed by atoms with E-state index in [9.17, 15) is 8.42 Å². The zero-order valence-corrected chi connectivity index (χ0v) is 16.3. The molecule has 1 heterocycles. The van der Waals surface area contributed by atoms with Gasteiger partial charge in [0.05, 0.1) is 17.2 Å². The Morgan fingerprint density at radius 2 is 1.81 bits per heavy atom. The zero-order chi connectivity index (χ0) is 18.6. The molecule has 1 aliphatic rings. The molecule has 0 aliphatic carbocycles. The van der Waals surface area contributed by atoms with E-state index in [2.05, 4.69) is 4.72 Å². The Labute approximate surface area is 163 Å². The van der Waals surface area contributed by atoms with Crippen LogP contribution in [-0.4, -0.2) is 21.3 Å². The van der Waals surface area contributed by atoms with Crippen molar-refractivity contribution in [3.63, 3.8) is 0 Å². The molecule has 0 bridgehead atoms. The Balaban J connectivity index is 1.77. The van der Waals surface area contributed by atoms with Gasteiger partial charge in [0.1, 0.15) is 0 Å². The molecule has 5 nitrogen and oxygen atoms in total. The monoisotopic (exact) mass is 415 g/mol. The predicted octanol–water partition coefficient (Wildman–Crippen LogP) is 4.84. The summed E-state index contributed by atoms with van der Waals surface area (Å²) in [6, 6.07) is 10.9. The van der Waals surface area contributed by atoms with E-state index in [1.165, 1.54) is 24.3 Å². The molecule has 2 aromatic rings. The second-order valence-corrected chi connectivity index (χ2v) is 8.52.